The van der Waals surface area contributed by atoms with Gasteiger partial charge in [0.2, 0.25) is 5.88 Å². The van der Waals surface area contributed by atoms with Crippen LogP contribution in [-0.4, -0.2) is 17.0 Å². The Morgan fingerprint density at radius 2 is 1.94 bits per heavy atom. The summed E-state index contributed by atoms with van der Waals surface area (Å²) in [6, 6.07) is 10.6. The lowest BCUT2D eigenvalue weighted by atomic mass is 10.2. The molecule has 0 unspecified atom stereocenters. The molecule has 90 valence electrons. The zero-order chi connectivity index (χ0) is 13.0. The minimum atomic E-state index is 0.469. The van der Waals surface area contributed by atoms with Crippen molar-refractivity contribution in [3.05, 3.63) is 41.7 Å². The highest BCUT2D eigenvalue weighted by Gasteiger charge is 2.03. The van der Waals surface area contributed by atoms with Gasteiger partial charge in [0, 0.05) is 13.1 Å². The lowest BCUT2D eigenvalue weighted by Crippen LogP contribution is -1.98. The van der Waals surface area contributed by atoms with Gasteiger partial charge in [-0.25, -0.2) is 4.98 Å². The van der Waals surface area contributed by atoms with Gasteiger partial charge in [-0.3, -0.25) is 0 Å². The molecule has 1 aromatic carbocycles. The van der Waals surface area contributed by atoms with E-state index in [1.165, 1.54) is 0 Å². The summed E-state index contributed by atoms with van der Waals surface area (Å²) in [6.45, 7) is 1.80. The molecule has 0 aliphatic carbocycles. The third-order valence-electron chi connectivity index (χ3n) is 2.28. The molecule has 1 N–H and O–H groups in total. The van der Waals surface area contributed by atoms with E-state index in [0.717, 1.165) is 0 Å². The number of hydrogen-bond acceptors (Lipinski definition) is 5. The summed E-state index contributed by atoms with van der Waals surface area (Å²) < 4.78 is 5.60. The topological polar surface area (TPSA) is 70.8 Å². The largest absolute Gasteiger partial charge is 0.439 e. The normalized spacial score (nSPS) is 9.61. The van der Waals surface area contributed by atoms with Crippen LogP contribution in [0.2, 0.25) is 0 Å². The summed E-state index contributed by atoms with van der Waals surface area (Å²) in [5, 5.41) is 11.6. The number of ether oxygens (including phenoxy) is 1. The SMILES string of the molecule is CNc1cc(Oc2ccc(C#N)cc2)nc(C)n1. The third-order valence-corrected chi connectivity index (χ3v) is 2.28. The van der Waals surface area contributed by atoms with E-state index in [4.69, 9.17) is 10.00 Å². The van der Waals surface area contributed by atoms with E-state index in [1.54, 1.807) is 44.3 Å². The highest BCUT2D eigenvalue weighted by Crippen LogP contribution is 2.21. The number of nitrogens with one attached hydrogen (secondary N) is 1. The van der Waals surface area contributed by atoms with Crippen LogP contribution < -0.4 is 10.1 Å². The molecule has 1 aromatic heterocycles. The Labute approximate surface area is 105 Å². The van der Waals surface area contributed by atoms with E-state index in [1.807, 2.05) is 0 Å². The van der Waals surface area contributed by atoms with Crippen LogP contribution in [0, 0.1) is 18.3 Å². The van der Waals surface area contributed by atoms with Crippen molar-refractivity contribution in [2.24, 2.45) is 0 Å². The number of nitriles is 1. The summed E-state index contributed by atoms with van der Waals surface area (Å²) in [6.07, 6.45) is 0. The predicted molar refractivity (Wildman–Crippen MR) is 67.5 cm³/mol. The molecule has 0 fully saturated rings. The van der Waals surface area contributed by atoms with Crippen molar-refractivity contribution in [1.29, 1.82) is 5.26 Å². The first-order valence-electron chi connectivity index (χ1n) is 5.42. The zero-order valence-corrected chi connectivity index (χ0v) is 10.1. The molecule has 0 saturated heterocycles. The van der Waals surface area contributed by atoms with Crippen LogP contribution in [0.4, 0.5) is 5.82 Å². The summed E-state index contributed by atoms with van der Waals surface area (Å²) in [5.74, 6) is 2.43. The monoisotopic (exact) mass is 240 g/mol. The number of aromatic nitrogens is 2. The molecule has 5 heteroatoms. The first-order chi connectivity index (χ1) is 8.71. The molecule has 18 heavy (non-hydrogen) atoms. The fourth-order valence-electron chi connectivity index (χ4n) is 1.44. The Morgan fingerprint density at radius 1 is 1.22 bits per heavy atom. The minimum Gasteiger partial charge on any atom is -0.439 e. The van der Waals surface area contributed by atoms with Gasteiger partial charge in [0.05, 0.1) is 11.6 Å². The van der Waals surface area contributed by atoms with Gasteiger partial charge < -0.3 is 10.1 Å². The molecule has 0 saturated carbocycles. The number of nitrogens with zero attached hydrogens (tertiary/aromatic N) is 3. The van der Waals surface area contributed by atoms with Crippen molar-refractivity contribution < 1.29 is 4.74 Å². The Kier molecular flexibility index (Phi) is 3.39. The minimum absolute atomic E-state index is 0.469. The van der Waals surface area contributed by atoms with Crippen molar-refractivity contribution in [2.45, 2.75) is 6.92 Å². The van der Waals surface area contributed by atoms with Crippen LogP contribution in [-0.2, 0) is 0 Å². The lowest BCUT2D eigenvalue weighted by molar-refractivity contribution is 0.460. The number of anilines is 1. The van der Waals surface area contributed by atoms with E-state index in [-0.39, 0.29) is 0 Å². The standard InChI is InChI=1S/C13H12N4O/c1-9-16-12(15-2)7-13(17-9)18-11-5-3-10(8-14)4-6-11/h3-7H,1-2H3,(H,15,16,17). The molecule has 0 aliphatic heterocycles. The van der Waals surface area contributed by atoms with Crippen molar-refractivity contribution >= 4 is 5.82 Å². The molecular weight excluding hydrogens is 228 g/mol. The van der Waals surface area contributed by atoms with Crippen LogP contribution >= 0.6 is 0 Å². The first-order valence-corrected chi connectivity index (χ1v) is 5.42. The molecule has 0 aliphatic rings. The fourth-order valence-corrected chi connectivity index (χ4v) is 1.44. The summed E-state index contributed by atoms with van der Waals surface area (Å²) in [4.78, 5) is 8.36. The van der Waals surface area contributed by atoms with E-state index in [2.05, 4.69) is 21.4 Å². The van der Waals surface area contributed by atoms with Crippen molar-refractivity contribution in [3.63, 3.8) is 0 Å². The second-order valence-corrected chi connectivity index (χ2v) is 3.63. The number of rotatable bonds is 3. The molecule has 0 atom stereocenters. The quantitative estimate of drug-likeness (QED) is 0.892. The van der Waals surface area contributed by atoms with E-state index in [0.29, 0.717) is 28.8 Å². The predicted octanol–water partition coefficient (Wildman–Crippen LogP) is 2.49. The van der Waals surface area contributed by atoms with E-state index >= 15 is 0 Å². The van der Waals surface area contributed by atoms with Gasteiger partial charge >= 0.3 is 0 Å². The zero-order valence-electron chi connectivity index (χ0n) is 10.1. The van der Waals surface area contributed by atoms with E-state index < -0.39 is 0 Å². The molecule has 5 nitrogen and oxygen atoms in total. The maximum atomic E-state index is 8.70. The van der Waals surface area contributed by atoms with Gasteiger partial charge in [-0.1, -0.05) is 0 Å². The highest BCUT2D eigenvalue weighted by atomic mass is 16.5. The number of benzene rings is 1. The average Bonchev–Trinajstić information content (AvgIpc) is 2.39. The smallest absolute Gasteiger partial charge is 0.224 e. The second kappa shape index (κ2) is 5.15. The summed E-state index contributed by atoms with van der Waals surface area (Å²) in [5.41, 5.74) is 0.595. The Morgan fingerprint density at radius 3 is 2.56 bits per heavy atom. The van der Waals surface area contributed by atoms with Crippen molar-refractivity contribution in [2.75, 3.05) is 12.4 Å². The number of hydrogen-bond donors (Lipinski definition) is 1. The van der Waals surface area contributed by atoms with Crippen LogP contribution in [0.15, 0.2) is 30.3 Å². The number of aryl methyl sites for hydroxylation is 1. The van der Waals surface area contributed by atoms with Gasteiger partial charge in [-0.15, -0.1) is 0 Å². The van der Waals surface area contributed by atoms with Crippen LogP contribution in [0.3, 0.4) is 0 Å². The van der Waals surface area contributed by atoms with Gasteiger partial charge in [-0.2, -0.15) is 10.2 Å². The fraction of sp³-hybridized carbons (Fsp3) is 0.154. The Balaban J connectivity index is 2.22. The van der Waals surface area contributed by atoms with Crippen LogP contribution in [0.1, 0.15) is 11.4 Å². The van der Waals surface area contributed by atoms with Crippen molar-refractivity contribution in [3.8, 4) is 17.7 Å². The molecular formula is C13H12N4O. The van der Waals surface area contributed by atoms with Gasteiger partial charge in [0.15, 0.2) is 0 Å². The summed E-state index contributed by atoms with van der Waals surface area (Å²) >= 11 is 0. The van der Waals surface area contributed by atoms with Crippen LogP contribution in [0.25, 0.3) is 0 Å². The average molecular weight is 240 g/mol. The molecule has 0 bridgehead atoms. The molecule has 0 radical (unpaired) electrons. The summed E-state index contributed by atoms with van der Waals surface area (Å²) in [7, 11) is 1.78. The van der Waals surface area contributed by atoms with Gasteiger partial charge in [0.1, 0.15) is 17.4 Å². The van der Waals surface area contributed by atoms with Gasteiger partial charge in [-0.05, 0) is 31.2 Å². The highest BCUT2D eigenvalue weighted by molar-refractivity contribution is 5.40. The molecule has 1 heterocycles. The van der Waals surface area contributed by atoms with Gasteiger partial charge in [0.25, 0.3) is 0 Å². The second-order valence-electron chi connectivity index (χ2n) is 3.63. The molecule has 0 amide bonds. The van der Waals surface area contributed by atoms with Crippen molar-refractivity contribution in [1.82, 2.24) is 9.97 Å². The maximum absolute atomic E-state index is 8.70. The lowest BCUT2D eigenvalue weighted by Gasteiger charge is -2.07. The Hall–Kier alpha value is -2.61. The van der Waals surface area contributed by atoms with Crippen LogP contribution in [0.5, 0.6) is 11.6 Å². The first kappa shape index (κ1) is 11.9. The molecule has 2 aromatic rings. The Bertz CT molecular complexity index is 587. The molecule has 0 spiro atoms. The molecule has 2 rings (SSSR count). The maximum Gasteiger partial charge on any atom is 0.224 e. The third kappa shape index (κ3) is 2.74. The van der Waals surface area contributed by atoms with E-state index in [9.17, 15) is 0 Å².